The third kappa shape index (κ3) is 5.94. The molecule has 1 atom stereocenters. The van der Waals surface area contributed by atoms with Crippen LogP contribution in [0, 0.1) is 0 Å². The van der Waals surface area contributed by atoms with Crippen molar-refractivity contribution in [2.75, 3.05) is 32.8 Å². The molecule has 2 heterocycles. The predicted molar refractivity (Wildman–Crippen MR) is 153 cm³/mol. The van der Waals surface area contributed by atoms with Crippen LogP contribution in [0.25, 0.3) is 11.3 Å². The lowest BCUT2D eigenvalue weighted by Crippen LogP contribution is -2.52. The van der Waals surface area contributed by atoms with Crippen molar-refractivity contribution in [3.05, 3.63) is 119 Å². The maximum Gasteiger partial charge on any atom is 0.267 e. The molecule has 0 aliphatic carbocycles. The Balaban J connectivity index is 1.30. The topological polar surface area (TPSA) is 67.7 Å². The highest BCUT2D eigenvalue weighted by molar-refractivity contribution is 5.80. The standard InChI is InChI=1S/C32H34N4O3/c1-3-39-28-16-14-25(15-17-28)29-18-19-30(37)36(33-29)24(2)32(38)35-22-20-34(21-23-35)31(26-10-6-4-7-11-26)27-12-8-5-9-13-27/h4-19,24,31H,3,20-23H2,1-2H3. The van der Waals surface area contributed by atoms with Gasteiger partial charge in [-0.25, -0.2) is 4.68 Å². The van der Waals surface area contributed by atoms with Crippen molar-refractivity contribution in [2.24, 2.45) is 0 Å². The number of amides is 1. The Bertz CT molecular complexity index is 1390. The van der Waals surface area contributed by atoms with Gasteiger partial charge >= 0.3 is 0 Å². The van der Waals surface area contributed by atoms with Gasteiger partial charge in [-0.3, -0.25) is 14.5 Å². The number of carbonyl (C=O) groups excluding carboxylic acids is 1. The minimum absolute atomic E-state index is 0.0935. The molecule has 7 heteroatoms. The minimum Gasteiger partial charge on any atom is -0.494 e. The Morgan fingerprint density at radius 3 is 1.97 bits per heavy atom. The van der Waals surface area contributed by atoms with Crippen molar-refractivity contribution in [3.63, 3.8) is 0 Å². The molecule has 0 saturated carbocycles. The van der Waals surface area contributed by atoms with E-state index in [1.54, 1.807) is 13.0 Å². The first kappa shape index (κ1) is 26.4. The van der Waals surface area contributed by atoms with Gasteiger partial charge in [-0.1, -0.05) is 60.7 Å². The van der Waals surface area contributed by atoms with Gasteiger partial charge in [-0.05, 0) is 55.3 Å². The van der Waals surface area contributed by atoms with Gasteiger partial charge in [-0.15, -0.1) is 0 Å². The summed E-state index contributed by atoms with van der Waals surface area (Å²) in [4.78, 5) is 30.5. The van der Waals surface area contributed by atoms with Crippen LogP contribution in [0.4, 0.5) is 0 Å². The second-order valence-corrected chi connectivity index (χ2v) is 9.72. The van der Waals surface area contributed by atoms with E-state index in [4.69, 9.17) is 4.74 Å². The first-order valence-electron chi connectivity index (χ1n) is 13.5. The monoisotopic (exact) mass is 522 g/mol. The number of aromatic nitrogens is 2. The van der Waals surface area contributed by atoms with Crippen molar-refractivity contribution in [1.29, 1.82) is 0 Å². The number of hydrogen-bond donors (Lipinski definition) is 0. The zero-order valence-electron chi connectivity index (χ0n) is 22.4. The normalized spacial score (nSPS) is 14.8. The molecule has 5 rings (SSSR count). The molecule has 0 N–H and O–H groups in total. The summed E-state index contributed by atoms with van der Waals surface area (Å²) in [6.07, 6.45) is 0. The fourth-order valence-corrected chi connectivity index (χ4v) is 5.20. The maximum atomic E-state index is 13.5. The van der Waals surface area contributed by atoms with Gasteiger partial charge < -0.3 is 9.64 Å². The number of benzene rings is 3. The highest BCUT2D eigenvalue weighted by atomic mass is 16.5. The summed E-state index contributed by atoms with van der Waals surface area (Å²) in [7, 11) is 0. The number of rotatable bonds is 8. The summed E-state index contributed by atoms with van der Waals surface area (Å²) in [6, 6.07) is 31.1. The van der Waals surface area contributed by atoms with Gasteiger partial charge in [0.2, 0.25) is 5.91 Å². The molecule has 3 aromatic carbocycles. The van der Waals surface area contributed by atoms with Crippen LogP contribution in [0.15, 0.2) is 102 Å². The van der Waals surface area contributed by atoms with Crippen LogP contribution in [0.5, 0.6) is 5.75 Å². The Morgan fingerprint density at radius 1 is 0.821 bits per heavy atom. The largest absolute Gasteiger partial charge is 0.494 e. The maximum absolute atomic E-state index is 13.5. The van der Waals surface area contributed by atoms with Crippen LogP contribution >= 0.6 is 0 Å². The van der Waals surface area contributed by atoms with Crippen molar-refractivity contribution >= 4 is 5.91 Å². The quantitative estimate of drug-likeness (QED) is 0.333. The lowest BCUT2D eigenvalue weighted by Gasteiger charge is -2.40. The van der Waals surface area contributed by atoms with Crippen LogP contribution in [-0.4, -0.2) is 58.3 Å². The lowest BCUT2D eigenvalue weighted by molar-refractivity contribution is -0.136. The van der Waals surface area contributed by atoms with Crippen molar-refractivity contribution in [1.82, 2.24) is 19.6 Å². The van der Waals surface area contributed by atoms with Crippen LogP contribution < -0.4 is 10.3 Å². The SMILES string of the molecule is CCOc1ccc(-c2ccc(=O)n(C(C)C(=O)N3CCN(C(c4ccccc4)c4ccccc4)CC3)n2)cc1. The molecule has 0 spiro atoms. The Labute approximate surface area is 229 Å². The molecular weight excluding hydrogens is 488 g/mol. The van der Waals surface area contributed by atoms with E-state index in [0.717, 1.165) is 24.4 Å². The molecule has 1 aliphatic rings. The lowest BCUT2D eigenvalue weighted by atomic mass is 9.96. The average Bonchev–Trinajstić information content (AvgIpc) is 2.99. The van der Waals surface area contributed by atoms with E-state index in [0.29, 0.717) is 25.4 Å². The third-order valence-electron chi connectivity index (χ3n) is 7.23. The summed E-state index contributed by atoms with van der Waals surface area (Å²) in [5.41, 5.74) is 3.67. The zero-order valence-corrected chi connectivity index (χ0v) is 22.4. The molecular formula is C32H34N4O3. The summed E-state index contributed by atoms with van der Waals surface area (Å²) < 4.78 is 6.82. The fourth-order valence-electron chi connectivity index (χ4n) is 5.20. The molecule has 4 aromatic rings. The van der Waals surface area contributed by atoms with Crippen LogP contribution in [0.3, 0.4) is 0 Å². The van der Waals surface area contributed by atoms with Gasteiger partial charge in [0.05, 0.1) is 18.3 Å². The minimum atomic E-state index is -0.703. The second kappa shape index (κ2) is 12.1. The smallest absolute Gasteiger partial charge is 0.267 e. The average molecular weight is 523 g/mol. The van der Waals surface area contributed by atoms with E-state index in [-0.39, 0.29) is 17.5 Å². The fraction of sp³-hybridized carbons (Fsp3) is 0.281. The molecule has 1 unspecified atom stereocenters. The van der Waals surface area contributed by atoms with Crippen LogP contribution in [-0.2, 0) is 4.79 Å². The number of ether oxygens (including phenoxy) is 1. The number of piperazine rings is 1. The van der Waals surface area contributed by atoms with Crippen molar-refractivity contribution in [3.8, 4) is 17.0 Å². The van der Waals surface area contributed by atoms with Crippen molar-refractivity contribution in [2.45, 2.75) is 25.9 Å². The molecule has 7 nitrogen and oxygen atoms in total. The molecule has 1 aliphatic heterocycles. The van der Waals surface area contributed by atoms with Crippen LogP contribution in [0.2, 0.25) is 0 Å². The Morgan fingerprint density at radius 2 is 1.41 bits per heavy atom. The molecule has 1 aromatic heterocycles. The molecule has 1 amide bonds. The Hall–Kier alpha value is -4.23. The summed E-state index contributed by atoms with van der Waals surface area (Å²) in [5, 5.41) is 4.56. The molecule has 1 fully saturated rings. The van der Waals surface area contributed by atoms with E-state index in [1.807, 2.05) is 48.2 Å². The molecule has 1 saturated heterocycles. The van der Waals surface area contributed by atoms with Gasteiger partial charge in [0, 0.05) is 37.8 Å². The van der Waals surface area contributed by atoms with Gasteiger partial charge in [0.15, 0.2) is 0 Å². The highest BCUT2D eigenvalue weighted by Gasteiger charge is 2.31. The number of nitrogens with zero attached hydrogens (tertiary/aromatic N) is 4. The number of hydrogen-bond acceptors (Lipinski definition) is 5. The first-order valence-corrected chi connectivity index (χ1v) is 13.5. The van der Waals surface area contributed by atoms with Crippen molar-refractivity contribution < 1.29 is 9.53 Å². The summed E-state index contributed by atoms with van der Waals surface area (Å²) in [6.45, 7) is 6.94. The summed E-state index contributed by atoms with van der Waals surface area (Å²) in [5.74, 6) is 0.683. The molecule has 0 bridgehead atoms. The van der Waals surface area contributed by atoms with Gasteiger partial charge in [-0.2, -0.15) is 5.10 Å². The number of carbonyl (C=O) groups is 1. The first-order chi connectivity index (χ1) is 19.0. The van der Waals surface area contributed by atoms with E-state index >= 15 is 0 Å². The van der Waals surface area contributed by atoms with E-state index < -0.39 is 6.04 Å². The molecule has 0 radical (unpaired) electrons. The van der Waals surface area contributed by atoms with E-state index in [2.05, 4.69) is 58.5 Å². The second-order valence-electron chi connectivity index (χ2n) is 9.72. The molecule has 39 heavy (non-hydrogen) atoms. The zero-order chi connectivity index (χ0) is 27.2. The van der Waals surface area contributed by atoms with Gasteiger partial charge in [0.1, 0.15) is 11.8 Å². The molecule has 200 valence electrons. The summed E-state index contributed by atoms with van der Waals surface area (Å²) >= 11 is 0. The van der Waals surface area contributed by atoms with E-state index in [9.17, 15) is 9.59 Å². The Kier molecular flexibility index (Phi) is 8.18. The predicted octanol–water partition coefficient (Wildman–Crippen LogP) is 4.80. The third-order valence-corrected chi connectivity index (χ3v) is 7.23. The highest BCUT2D eigenvalue weighted by Crippen LogP contribution is 2.30. The van der Waals surface area contributed by atoms with Crippen LogP contribution in [0.1, 0.15) is 37.1 Å². The van der Waals surface area contributed by atoms with E-state index in [1.165, 1.54) is 21.9 Å². The van der Waals surface area contributed by atoms with Gasteiger partial charge in [0.25, 0.3) is 5.56 Å².